The topological polar surface area (TPSA) is 84.7 Å². The molecular formula is C30H34N6O2S. The summed E-state index contributed by atoms with van der Waals surface area (Å²) >= 11 is 1.63. The monoisotopic (exact) mass is 542 g/mol. The van der Waals surface area contributed by atoms with Crippen LogP contribution in [0.25, 0.3) is 0 Å². The third-order valence-electron chi connectivity index (χ3n) is 8.00. The number of ether oxygens (including phenoxy) is 1. The van der Waals surface area contributed by atoms with Crippen molar-refractivity contribution in [2.24, 2.45) is 0 Å². The number of fused-ring (bicyclic) bond motifs is 1. The van der Waals surface area contributed by atoms with E-state index in [9.17, 15) is 10.1 Å². The van der Waals surface area contributed by atoms with Crippen LogP contribution in [0.1, 0.15) is 38.5 Å². The van der Waals surface area contributed by atoms with Crippen molar-refractivity contribution < 1.29 is 9.53 Å². The van der Waals surface area contributed by atoms with Crippen LogP contribution in [0, 0.1) is 11.3 Å². The Bertz CT molecular complexity index is 1350. The summed E-state index contributed by atoms with van der Waals surface area (Å²) in [6, 6.07) is 18.5. The molecule has 0 radical (unpaired) electrons. The highest BCUT2D eigenvalue weighted by Crippen LogP contribution is 2.32. The summed E-state index contributed by atoms with van der Waals surface area (Å²) in [6.07, 6.45) is 3.10. The van der Waals surface area contributed by atoms with Gasteiger partial charge in [-0.3, -0.25) is 19.9 Å². The average Bonchev–Trinajstić information content (AvgIpc) is 3.39. The van der Waals surface area contributed by atoms with Gasteiger partial charge in [-0.15, -0.1) is 11.3 Å². The first kappa shape index (κ1) is 26.0. The molecule has 202 valence electrons. The smallest absolute Gasteiger partial charge is 0.257 e. The number of nitrogens with zero attached hydrogens (tertiary/aromatic N) is 5. The third-order valence-corrected chi connectivity index (χ3v) is 9.04. The van der Waals surface area contributed by atoms with E-state index in [-0.39, 0.29) is 5.91 Å². The number of benzene rings is 2. The van der Waals surface area contributed by atoms with Gasteiger partial charge in [0, 0.05) is 68.0 Å². The Morgan fingerprint density at radius 1 is 1.08 bits per heavy atom. The zero-order chi connectivity index (χ0) is 26.6. The first-order valence-corrected chi connectivity index (χ1v) is 14.6. The fourth-order valence-electron chi connectivity index (χ4n) is 5.84. The van der Waals surface area contributed by atoms with E-state index in [2.05, 4.69) is 38.2 Å². The van der Waals surface area contributed by atoms with Crippen LogP contribution in [0.3, 0.4) is 0 Å². The van der Waals surface area contributed by atoms with Crippen LogP contribution in [0.2, 0.25) is 0 Å². The zero-order valence-corrected chi connectivity index (χ0v) is 23.0. The lowest BCUT2D eigenvalue weighted by Gasteiger charge is -2.36. The highest BCUT2D eigenvalue weighted by molar-refractivity contribution is 7.15. The summed E-state index contributed by atoms with van der Waals surface area (Å²) in [4.78, 5) is 26.5. The largest absolute Gasteiger partial charge is 0.379 e. The summed E-state index contributed by atoms with van der Waals surface area (Å²) in [5.41, 5.74) is 4.74. The molecular weight excluding hydrogens is 508 g/mol. The van der Waals surface area contributed by atoms with Crippen LogP contribution in [-0.2, 0) is 24.1 Å². The van der Waals surface area contributed by atoms with Gasteiger partial charge in [0.15, 0.2) is 5.13 Å². The lowest BCUT2D eigenvalue weighted by molar-refractivity contribution is 0.0139. The lowest BCUT2D eigenvalue weighted by atomic mass is 9.96. The highest BCUT2D eigenvalue weighted by atomic mass is 32.1. The van der Waals surface area contributed by atoms with Gasteiger partial charge >= 0.3 is 0 Å². The summed E-state index contributed by atoms with van der Waals surface area (Å²) in [5, 5.41) is 13.0. The fraction of sp³-hybridized carbons (Fsp3) is 0.433. The van der Waals surface area contributed by atoms with E-state index < -0.39 is 0 Å². The Hall–Kier alpha value is -3.29. The minimum Gasteiger partial charge on any atom is -0.379 e. The van der Waals surface area contributed by atoms with E-state index in [0.29, 0.717) is 22.3 Å². The molecule has 0 spiro atoms. The molecule has 2 aromatic carbocycles. The molecule has 2 fully saturated rings. The molecule has 2 saturated heterocycles. The Balaban J connectivity index is 1.03. The number of anilines is 2. The second-order valence-electron chi connectivity index (χ2n) is 10.5. The van der Waals surface area contributed by atoms with E-state index in [4.69, 9.17) is 9.72 Å². The fourth-order valence-corrected chi connectivity index (χ4v) is 6.91. The number of hydrogen-bond acceptors (Lipinski definition) is 8. The lowest BCUT2D eigenvalue weighted by Crippen LogP contribution is -2.46. The number of hydrogen-bond donors (Lipinski definition) is 1. The molecule has 3 aromatic rings. The Morgan fingerprint density at radius 3 is 2.72 bits per heavy atom. The highest BCUT2D eigenvalue weighted by Gasteiger charge is 2.28. The van der Waals surface area contributed by atoms with Gasteiger partial charge in [0.1, 0.15) is 0 Å². The van der Waals surface area contributed by atoms with Gasteiger partial charge in [0.25, 0.3) is 5.91 Å². The molecule has 2 aliphatic heterocycles. The molecule has 1 aromatic heterocycles. The number of carbonyl (C=O) groups excluding carboxylic acids is 1. The number of morpholine rings is 1. The normalized spacial score (nSPS) is 20.3. The first-order chi connectivity index (χ1) is 19.1. The summed E-state index contributed by atoms with van der Waals surface area (Å²) in [5.74, 6) is -0.102. The van der Waals surface area contributed by atoms with E-state index in [0.717, 1.165) is 95.2 Å². The Morgan fingerprint density at radius 2 is 1.90 bits per heavy atom. The summed E-state index contributed by atoms with van der Waals surface area (Å²) in [6.45, 7) is 8.15. The molecule has 3 heterocycles. The molecule has 8 nitrogen and oxygen atoms in total. The van der Waals surface area contributed by atoms with Crippen LogP contribution < -0.4 is 10.2 Å². The van der Waals surface area contributed by atoms with Gasteiger partial charge in [-0.25, -0.2) is 4.98 Å². The van der Waals surface area contributed by atoms with E-state index in [1.165, 1.54) is 4.88 Å². The Kier molecular flexibility index (Phi) is 7.88. The molecule has 0 bridgehead atoms. The van der Waals surface area contributed by atoms with Gasteiger partial charge in [-0.1, -0.05) is 18.2 Å². The van der Waals surface area contributed by atoms with Crippen molar-refractivity contribution >= 4 is 28.1 Å². The van der Waals surface area contributed by atoms with Gasteiger partial charge in [0.2, 0.25) is 0 Å². The van der Waals surface area contributed by atoms with Gasteiger partial charge in [0.05, 0.1) is 30.5 Å². The number of thiazole rings is 1. The zero-order valence-electron chi connectivity index (χ0n) is 22.1. The van der Waals surface area contributed by atoms with Gasteiger partial charge in [-0.2, -0.15) is 5.26 Å². The first-order valence-electron chi connectivity index (χ1n) is 13.8. The van der Waals surface area contributed by atoms with Crippen LogP contribution in [0.15, 0.2) is 48.5 Å². The SMILES string of the molecule is N#Cc1cccc(N2CCN(Cc3cccc(C(=O)Nc4nc5c(s4)C[C@@H](N4CCOCC4)CC5)c3)CC2)c1. The molecule has 3 aliphatic rings. The quantitative estimate of drug-likeness (QED) is 0.508. The minimum absolute atomic E-state index is 0.102. The van der Waals surface area contributed by atoms with Crippen molar-refractivity contribution in [3.63, 3.8) is 0 Å². The van der Waals surface area contributed by atoms with Gasteiger partial charge < -0.3 is 9.64 Å². The average molecular weight is 543 g/mol. The van der Waals surface area contributed by atoms with Gasteiger partial charge in [-0.05, 0) is 55.2 Å². The van der Waals surface area contributed by atoms with Crippen molar-refractivity contribution in [3.8, 4) is 6.07 Å². The second-order valence-corrected chi connectivity index (χ2v) is 11.6. The predicted molar refractivity (Wildman–Crippen MR) is 153 cm³/mol. The maximum atomic E-state index is 13.1. The maximum absolute atomic E-state index is 13.1. The number of nitrogens with one attached hydrogen (secondary N) is 1. The number of aryl methyl sites for hydroxylation is 1. The number of rotatable bonds is 6. The molecule has 1 atom stereocenters. The van der Waals surface area contributed by atoms with Crippen LogP contribution in [-0.4, -0.2) is 79.2 Å². The predicted octanol–water partition coefficient (Wildman–Crippen LogP) is 3.78. The summed E-state index contributed by atoms with van der Waals surface area (Å²) in [7, 11) is 0. The molecule has 1 aliphatic carbocycles. The van der Waals surface area contributed by atoms with Crippen molar-refractivity contribution in [1.29, 1.82) is 5.26 Å². The molecule has 6 rings (SSSR count). The number of piperazine rings is 1. The number of nitriles is 1. The summed E-state index contributed by atoms with van der Waals surface area (Å²) < 4.78 is 5.52. The molecule has 9 heteroatoms. The Labute approximate surface area is 233 Å². The molecule has 0 saturated carbocycles. The van der Waals surface area contributed by atoms with Crippen LogP contribution in [0.5, 0.6) is 0 Å². The molecule has 1 amide bonds. The molecule has 0 unspecified atom stereocenters. The van der Waals surface area contributed by atoms with Crippen LogP contribution in [0.4, 0.5) is 10.8 Å². The van der Waals surface area contributed by atoms with Crippen molar-refractivity contribution in [2.75, 3.05) is 62.7 Å². The van der Waals surface area contributed by atoms with Crippen molar-refractivity contribution in [1.82, 2.24) is 14.8 Å². The van der Waals surface area contributed by atoms with Crippen molar-refractivity contribution in [3.05, 3.63) is 75.8 Å². The molecule has 39 heavy (non-hydrogen) atoms. The van der Waals surface area contributed by atoms with E-state index in [1.54, 1.807) is 11.3 Å². The standard InChI is InChI=1S/C30H34N6O2S/c31-20-22-3-2-6-25(18-22)35-11-9-34(10-12-35)21-23-4-1-5-24(17-23)29(37)33-30-32-27-8-7-26(19-28(27)39-30)36-13-15-38-16-14-36/h1-6,17-18,26H,7-16,19,21H2,(H,32,33,37)/t26-/m0/s1. The number of aromatic nitrogens is 1. The maximum Gasteiger partial charge on any atom is 0.257 e. The van der Waals surface area contributed by atoms with Crippen molar-refractivity contribution in [2.45, 2.75) is 31.8 Å². The minimum atomic E-state index is -0.102. The number of amides is 1. The second kappa shape index (κ2) is 11.8. The van der Waals surface area contributed by atoms with E-state index in [1.807, 2.05) is 36.4 Å². The van der Waals surface area contributed by atoms with Crippen LogP contribution >= 0.6 is 11.3 Å². The van der Waals surface area contributed by atoms with E-state index >= 15 is 0 Å². The number of carbonyl (C=O) groups is 1. The third kappa shape index (κ3) is 6.15. The molecule has 1 N–H and O–H groups in total.